The lowest BCUT2D eigenvalue weighted by Crippen LogP contribution is -2.28. The number of benzene rings is 1. The molecule has 1 aromatic carbocycles. The highest BCUT2D eigenvalue weighted by Gasteiger charge is 2.12. The van der Waals surface area contributed by atoms with Crippen LogP contribution in [-0.4, -0.2) is 25.7 Å². The van der Waals surface area contributed by atoms with Crippen molar-refractivity contribution in [2.75, 3.05) is 19.0 Å². The monoisotopic (exact) mass is 304 g/mol. The summed E-state index contributed by atoms with van der Waals surface area (Å²) in [6.07, 6.45) is -0.138. The van der Waals surface area contributed by atoms with E-state index in [0.717, 1.165) is 0 Å². The van der Waals surface area contributed by atoms with E-state index < -0.39 is 0 Å². The molecule has 0 aliphatic carbocycles. The fourth-order valence-corrected chi connectivity index (χ4v) is 1.63. The van der Waals surface area contributed by atoms with Crippen LogP contribution in [0.2, 0.25) is 0 Å². The molecule has 0 aromatic heterocycles. The van der Waals surface area contributed by atoms with Crippen molar-refractivity contribution < 1.29 is 13.9 Å². The largest absolute Gasteiger partial charge is 0.380 e. The topological polar surface area (TPSA) is 64.3 Å². The number of nitrogens with one attached hydrogen (secondary N) is 1. The molecular weight excluding hydrogens is 291 g/mol. The number of amides is 1. The molecule has 94 valence electrons. The van der Waals surface area contributed by atoms with Crippen LogP contribution in [0.25, 0.3) is 0 Å². The highest BCUT2D eigenvalue weighted by molar-refractivity contribution is 9.10. The number of methoxy groups -OCH3 is 1. The number of hydrogen-bond donors (Lipinski definition) is 2. The molecule has 0 aliphatic rings. The number of carbonyl (C=O) groups excluding carboxylic acids is 1. The summed E-state index contributed by atoms with van der Waals surface area (Å²) < 4.78 is 18.3. The number of hydrogen-bond acceptors (Lipinski definition) is 3. The summed E-state index contributed by atoms with van der Waals surface area (Å²) in [6, 6.07) is 4.26. The van der Waals surface area contributed by atoms with Crippen LogP contribution in [0.15, 0.2) is 22.7 Å². The minimum absolute atomic E-state index is 0.169. The fourth-order valence-electron chi connectivity index (χ4n) is 1.26. The van der Waals surface area contributed by atoms with Gasteiger partial charge in [-0.2, -0.15) is 0 Å². The molecule has 0 saturated heterocycles. The van der Waals surface area contributed by atoms with E-state index in [-0.39, 0.29) is 30.8 Å². The van der Waals surface area contributed by atoms with E-state index in [1.807, 2.05) is 0 Å². The van der Waals surface area contributed by atoms with Crippen LogP contribution in [0.4, 0.5) is 10.1 Å². The molecule has 0 spiro atoms. The Morgan fingerprint density at radius 1 is 1.65 bits per heavy atom. The molecule has 1 amide bonds. The standard InChI is InChI=1S/C11H14BrFN2O2/c1-17-8(6-14)5-11(16)15-7-2-3-10(13)9(12)4-7/h2-4,8H,5-6,14H2,1H3,(H,15,16). The Bertz CT molecular complexity index is 397. The summed E-state index contributed by atoms with van der Waals surface area (Å²) in [5, 5.41) is 2.64. The number of halogens is 2. The molecule has 4 nitrogen and oxygen atoms in total. The van der Waals surface area contributed by atoms with Crippen molar-refractivity contribution in [2.24, 2.45) is 5.73 Å². The maximum absolute atomic E-state index is 13.0. The minimum atomic E-state index is -0.375. The second kappa shape index (κ2) is 6.68. The Morgan fingerprint density at radius 2 is 2.35 bits per heavy atom. The summed E-state index contributed by atoms with van der Waals surface area (Å²) in [5.74, 6) is -0.597. The van der Waals surface area contributed by atoms with Crippen LogP contribution in [0.5, 0.6) is 0 Å². The summed E-state index contributed by atoms with van der Waals surface area (Å²) in [5.41, 5.74) is 5.93. The maximum atomic E-state index is 13.0. The average molecular weight is 305 g/mol. The molecule has 0 saturated carbocycles. The molecule has 1 atom stereocenters. The van der Waals surface area contributed by atoms with E-state index in [9.17, 15) is 9.18 Å². The first-order valence-electron chi connectivity index (χ1n) is 5.04. The number of nitrogens with two attached hydrogens (primary N) is 1. The Kier molecular flexibility index (Phi) is 5.54. The molecule has 1 aromatic rings. The number of carbonyl (C=O) groups is 1. The van der Waals surface area contributed by atoms with E-state index in [0.29, 0.717) is 10.2 Å². The number of rotatable bonds is 5. The van der Waals surface area contributed by atoms with Crippen LogP contribution in [0.1, 0.15) is 6.42 Å². The van der Waals surface area contributed by atoms with Gasteiger partial charge in [0.05, 0.1) is 17.0 Å². The maximum Gasteiger partial charge on any atom is 0.227 e. The van der Waals surface area contributed by atoms with Gasteiger partial charge < -0.3 is 15.8 Å². The van der Waals surface area contributed by atoms with Gasteiger partial charge in [0.15, 0.2) is 0 Å². The Morgan fingerprint density at radius 3 is 2.88 bits per heavy atom. The highest BCUT2D eigenvalue weighted by Crippen LogP contribution is 2.20. The minimum Gasteiger partial charge on any atom is -0.380 e. The van der Waals surface area contributed by atoms with Gasteiger partial charge in [-0.3, -0.25) is 4.79 Å². The van der Waals surface area contributed by atoms with Crippen LogP contribution >= 0.6 is 15.9 Å². The SMILES string of the molecule is COC(CN)CC(=O)Nc1ccc(F)c(Br)c1. The lowest BCUT2D eigenvalue weighted by molar-refractivity contribution is -0.118. The van der Waals surface area contributed by atoms with Gasteiger partial charge in [-0.05, 0) is 34.1 Å². The van der Waals surface area contributed by atoms with Gasteiger partial charge >= 0.3 is 0 Å². The zero-order chi connectivity index (χ0) is 12.8. The van der Waals surface area contributed by atoms with Crippen molar-refractivity contribution in [3.63, 3.8) is 0 Å². The van der Waals surface area contributed by atoms with Crippen LogP contribution < -0.4 is 11.1 Å². The zero-order valence-corrected chi connectivity index (χ0v) is 11.0. The van der Waals surface area contributed by atoms with Gasteiger partial charge in [-0.1, -0.05) is 0 Å². The van der Waals surface area contributed by atoms with E-state index in [2.05, 4.69) is 21.2 Å². The quantitative estimate of drug-likeness (QED) is 0.873. The number of anilines is 1. The van der Waals surface area contributed by atoms with Crippen LogP contribution in [-0.2, 0) is 9.53 Å². The molecular formula is C11H14BrFN2O2. The number of ether oxygens (including phenoxy) is 1. The van der Waals surface area contributed by atoms with E-state index in [1.54, 1.807) is 0 Å². The van der Waals surface area contributed by atoms with E-state index in [4.69, 9.17) is 10.5 Å². The average Bonchev–Trinajstić information content (AvgIpc) is 2.31. The molecule has 3 N–H and O–H groups in total. The lowest BCUT2D eigenvalue weighted by atomic mass is 10.2. The first kappa shape index (κ1) is 14.1. The third-order valence-corrected chi connectivity index (χ3v) is 2.82. The zero-order valence-electron chi connectivity index (χ0n) is 9.37. The predicted octanol–water partition coefficient (Wildman–Crippen LogP) is 1.89. The van der Waals surface area contributed by atoms with Crippen molar-refractivity contribution in [3.05, 3.63) is 28.5 Å². The molecule has 1 unspecified atom stereocenters. The molecule has 0 bridgehead atoms. The smallest absolute Gasteiger partial charge is 0.227 e. The van der Waals surface area contributed by atoms with Crippen LogP contribution in [0.3, 0.4) is 0 Å². The van der Waals surface area contributed by atoms with Gasteiger partial charge in [0.1, 0.15) is 5.82 Å². The van der Waals surface area contributed by atoms with E-state index in [1.165, 1.54) is 25.3 Å². The van der Waals surface area contributed by atoms with Gasteiger partial charge in [0.2, 0.25) is 5.91 Å². The summed E-state index contributed by atoms with van der Waals surface area (Å²) in [6.45, 7) is 0.275. The molecule has 1 rings (SSSR count). The molecule has 6 heteroatoms. The third kappa shape index (κ3) is 4.41. The first-order chi connectivity index (χ1) is 8.06. The Hall–Kier alpha value is -0.980. The second-order valence-corrected chi connectivity index (χ2v) is 4.33. The third-order valence-electron chi connectivity index (χ3n) is 2.21. The van der Waals surface area contributed by atoms with Gasteiger partial charge in [-0.25, -0.2) is 4.39 Å². The molecule has 0 heterocycles. The Labute approximate surface area is 107 Å². The molecule has 0 aliphatic heterocycles. The summed E-state index contributed by atoms with van der Waals surface area (Å²) in [4.78, 5) is 11.6. The fraction of sp³-hybridized carbons (Fsp3) is 0.364. The highest BCUT2D eigenvalue weighted by atomic mass is 79.9. The van der Waals surface area contributed by atoms with Crippen LogP contribution in [0, 0.1) is 5.82 Å². The van der Waals surface area contributed by atoms with Crippen molar-refractivity contribution in [3.8, 4) is 0 Å². The first-order valence-corrected chi connectivity index (χ1v) is 5.84. The normalized spacial score (nSPS) is 12.2. The lowest BCUT2D eigenvalue weighted by Gasteiger charge is -2.12. The summed E-state index contributed by atoms with van der Waals surface area (Å²) >= 11 is 3.04. The van der Waals surface area contributed by atoms with Crippen molar-refractivity contribution >= 4 is 27.5 Å². The van der Waals surface area contributed by atoms with Gasteiger partial charge in [-0.15, -0.1) is 0 Å². The molecule has 0 fully saturated rings. The van der Waals surface area contributed by atoms with Crippen molar-refractivity contribution in [1.82, 2.24) is 0 Å². The van der Waals surface area contributed by atoms with Gasteiger partial charge in [0, 0.05) is 19.3 Å². The Balaban J connectivity index is 2.58. The van der Waals surface area contributed by atoms with E-state index >= 15 is 0 Å². The van der Waals surface area contributed by atoms with Crippen molar-refractivity contribution in [2.45, 2.75) is 12.5 Å². The second-order valence-electron chi connectivity index (χ2n) is 3.47. The van der Waals surface area contributed by atoms with Crippen molar-refractivity contribution in [1.29, 1.82) is 0 Å². The molecule has 0 radical (unpaired) electrons. The molecule has 17 heavy (non-hydrogen) atoms. The van der Waals surface area contributed by atoms with Gasteiger partial charge in [0.25, 0.3) is 0 Å². The predicted molar refractivity (Wildman–Crippen MR) is 67.2 cm³/mol. The summed E-state index contributed by atoms with van der Waals surface area (Å²) in [7, 11) is 1.50.